The van der Waals surface area contributed by atoms with Gasteiger partial charge in [0.15, 0.2) is 0 Å². The van der Waals surface area contributed by atoms with Gasteiger partial charge in [-0.1, -0.05) is 0 Å². The number of hydrogen-bond acceptors (Lipinski definition) is 2. The van der Waals surface area contributed by atoms with Crippen LogP contribution in [0.25, 0.3) is 0 Å². The Morgan fingerprint density at radius 1 is 1.11 bits per heavy atom. The monoisotopic (exact) mass is 255 g/mol. The lowest BCUT2D eigenvalue weighted by Crippen LogP contribution is -2.28. The van der Waals surface area contributed by atoms with E-state index in [1.165, 1.54) is 25.0 Å². The Kier molecular flexibility index (Phi) is 5.08. The van der Waals surface area contributed by atoms with Crippen LogP contribution in [0.3, 0.4) is 0 Å². The fourth-order valence-corrected chi connectivity index (χ4v) is 2.30. The molecule has 0 bridgehead atoms. The highest BCUT2D eigenvalue weighted by atomic mass is 19.1. The van der Waals surface area contributed by atoms with E-state index >= 15 is 0 Å². The third-order valence-corrected chi connectivity index (χ3v) is 3.32. The molecule has 1 N–H and O–H groups in total. The maximum atomic E-state index is 12.9. The standard InChI is InChI=1S/C14H19F2NO/c15-13-7-12(8-14(16)9-13)10-18-6-3-11-1-4-17-5-2-11/h7-9,11,17H,1-6,10H2. The van der Waals surface area contributed by atoms with Gasteiger partial charge in [-0.25, -0.2) is 8.78 Å². The summed E-state index contributed by atoms with van der Waals surface area (Å²) in [4.78, 5) is 0. The van der Waals surface area contributed by atoms with E-state index in [1.807, 2.05) is 0 Å². The second kappa shape index (κ2) is 6.81. The molecule has 1 saturated heterocycles. The number of nitrogens with one attached hydrogen (secondary N) is 1. The van der Waals surface area contributed by atoms with E-state index in [-0.39, 0.29) is 6.61 Å². The molecule has 1 aromatic carbocycles. The summed E-state index contributed by atoms with van der Waals surface area (Å²) >= 11 is 0. The topological polar surface area (TPSA) is 21.3 Å². The van der Waals surface area contributed by atoms with E-state index in [4.69, 9.17) is 4.74 Å². The summed E-state index contributed by atoms with van der Waals surface area (Å²) < 4.78 is 31.3. The fourth-order valence-electron chi connectivity index (χ4n) is 2.30. The Labute approximate surface area is 106 Å². The van der Waals surface area contributed by atoms with Crippen molar-refractivity contribution in [3.63, 3.8) is 0 Å². The summed E-state index contributed by atoms with van der Waals surface area (Å²) in [6.45, 7) is 3.10. The second-order valence-electron chi connectivity index (χ2n) is 4.81. The van der Waals surface area contributed by atoms with Gasteiger partial charge in [0.25, 0.3) is 0 Å². The van der Waals surface area contributed by atoms with E-state index in [0.29, 0.717) is 12.2 Å². The van der Waals surface area contributed by atoms with Crippen molar-refractivity contribution in [2.45, 2.75) is 25.9 Å². The minimum Gasteiger partial charge on any atom is -0.377 e. The lowest BCUT2D eigenvalue weighted by Gasteiger charge is -2.22. The minimum atomic E-state index is -0.549. The van der Waals surface area contributed by atoms with Crippen LogP contribution in [0.5, 0.6) is 0 Å². The largest absolute Gasteiger partial charge is 0.377 e. The predicted molar refractivity (Wildman–Crippen MR) is 66.2 cm³/mol. The molecule has 0 spiro atoms. The van der Waals surface area contributed by atoms with Crippen LogP contribution in [0.2, 0.25) is 0 Å². The molecule has 0 radical (unpaired) electrons. The Balaban J connectivity index is 1.68. The molecule has 1 heterocycles. The van der Waals surface area contributed by atoms with Crippen molar-refractivity contribution in [3.8, 4) is 0 Å². The predicted octanol–water partition coefficient (Wildman–Crippen LogP) is 2.87. The first kappa shape index (κ1) is 13.4. The molecule has 2 nitrogen and oxygen atoms in total. The van der Waals surface area contributed by atoms with E-state index in [2.05, 4.69) is 5.32 Å². The quantitative estimate of drug-likeness (QED) is 0.817. The molecule has 0 aromatic heterocycles. The Morgan fingerprint density at radius 3 is 2.44 bits per heavy atom. The molecule has 1 fully saturated rings. The average Bonchev–Trinajstić information content (AvgIpc) is 2.35. The van der Waals surface area contributed by atoms with E-state index in [1.54, 1.807) is 0 Å². The van der Waals surface area contributed by atoms with Crippen molar-refractivity contribution in [1.29, 1.82) is 0 Å². The molecule has 1 aliphatic heterocycles. The number of ether oxygens (including phenoxy) is 1. The molecule has 0 aliphatic carbocycles. The van der Waals surface area contributed by atoms with Crippen LogP contribution >= 0.6 is 0 Å². The number of benzene rings is 1. The van der Waals surface area contributed by atoms with E-state index in [9.17, 15) is 8.78 Å². The summed E-state index contributed by atoms with van der Waals surface area (Å²) in [5.74, 6) is -0.380. The lowest BCUT2D eigenvalue weighted by molar-refractivity contribution is 0.102. The van der Waals surface area contributed by atoms with Gasteiger partial charge < -0.3 is 10.1 Å². The molecular weight excluding hydrogens is 236 g/mol. The minimum absolute atomic E-state index is 0.277. The SMILES string of the molecule is Fc1cc(F)cc(COCCC2CCNCC2)c1. The third-order valence-electron chi connectivity index (χ3n) is 3.32. The molecule has 0 unspecified atom stereocenters. The summed E-state index contributed by atoms with van der Waals surface area (Å²) in [6.07, 6.45) is 3.41. The molecule has 1 aromatic rings. The van der Waals surface area contributed by atoms with Crippen LogP contribution in [0.15, 0.2) is 18.2 Å². The lowest BCUT2D eigenvalue weighted by atomic mass is 9.95. The zero-order valence-corrected chi connectivity index (χ0v) is 10.4. The Hall–Kier alpha value is -1.00. The summed E-state index contributed by atoms with van der Waals surface area (Å²) in [5.41, 5.74) is 0.554. The maximum absolute atomic E-state index is 12.9. The van der Waals surface area contributed by atoms with Crippen molar-refractivity contribution in [2.75, 3.05) is 19.7 Å². The van der Waals surface area contributed by atoms with Gasteiger partial charge in [-0.15, -0.1) is 0 Å². The number of halogens is 2. The Bertz CT molecular complexity index is 358. The van der Waals surface area contributed by atoms with Crippen molar-refractivity contribution >= 4 is 0 Å². The molecule has 0 atom stereocenters. The van der Waals surface area contributed by atoms with Gasteiger partial charge in [0.1, 0.15) is 11.6 Å². The van der Waals surface area contributed by atoms with Crippen molar-refractivity contribution in [2.24, 2.45) is 5.92 Å². The van der Waals surface area contributed by atoms with Gasteiger partial charge in [-0.3, -0.25) is 0 Å². The van der Waals surface area contributed by atoms with Crippen LogP contribution in [0.4, 0.5) is 8.78 Å². The fraction of sp³-hybridized carbons (Fsp3) is 0.571. The molecule has 2 rings (SSSR count). The van der Waals surface area contributed by atoms with Crippen molar-refractivity contribution in [3.05, 3.63) is 35.4 Å². The summed E-state index contributed by atoms with van der Waals surface area (Å²) in [7, 11) is 0. The molecule has 100 valence electrons. The van der Waals surface area contributed by atoms with Gasteiger partial charge in [-0.05, 0) is 56.0 Å². The smallest absolute Gasteiger partial charge is 0.126 e. The van der Waals surface area contributed by atoms with E-state index < -0.39 is 11.6 Å². The highest BCUT2D eigenvalue weighted by Crippen LogP contribution is 2.16. The first-order valence-electron chi connectivity index (χ1n) is 6.47. The number of piperidine rings is 1. The van der Waals surface area contributed by atoms with Gasteiger partial charge in [0.2, 0.25) is 0 Å². The molecule has 0 amide bonds. The third kappa shape index (κ3) is 4.35. The highest BCUT2D eigenvalue weighted by Gasteiger charge is 2.12. The molecule has 0 saturated carbocycles. The number of hydrogen-bond donors (Lipinski definition) is 1. The van der Waals surface area contributed by atoms with Crippen LogP contribution in [-0.2, 0) is 11.3 Å². The van der Waals surface area contributed by atoms with Gasteiger partial charge >= 0.3 is 0 Å². The first-order chi connectivity index (χ1) is 8.74. The van der Waals surface area contributed by atoms with Crippen LogP contribution in [0.1, 0.15) is 24.8 Å². The summed E-state index contributed by atoms with van der Waals surface area (Å²) in [6, 6.07) is 3.50. The summed E-state index contributed by atoms with van der Waals surface area (Å²) in [5, 5.41) is 3.32. The molecule has 18 heavy (non-hydrogen) atoms. The second-order valence-corrected chi connectivity index (χ2v) is 4.81. The van der Waals surface area contributed by atoms with E-state index in [0.717, 1.165) is 31.5 Å². The van der Waals surface area contributed by atoms with Gasteiger partial charge in [0.05, 0.1) is 6.61 Å². The maximum Gasteiger partial charge on any atom is 0.126 e. The van der Waals surface area contributed by atoms with Crippen molar-refractivity contribution in [1.82, 2.24) is 5.32 Å². The first-order valence-corrected chi connectivity index (χ1v) is 6.47. The Morgan fingerprint density at radius 2 is 1.78 bits per heavy atom. The molecule has 4 heteroatoms. The van der Waals surface area contributed by atoms with Gasteiger partial charge in [0, 0.05) is 12.7 Å². The molecule has 1 aliphatic rings. The number of rotatable bonds is 5. The zero-order chi connectivity index (χ0) is 12.8. The normalized spacial score (nSPS) is 17.0. The average molecular weight is 255 g/mol. The van der Waals surface area contributed by atoms with Crippen LogP contribution in [-0.4, -0.2) is 19.7 Å². The van der Waals surface area contributed by atoms with Crippen LogP contribution < -0.4 is 5.32 Å². The van der Waals surface area contributed by atoms with Gasteiger partial charge in [-0.2, -0.15) is 0 Å². The van der Waals surface area contributed by atoms with Crippen LogP contribution in [0, 0.1) is 17.6 Å². The highest BCUT2D eigenvalue weighted by molar-refractivity contribution is 5.16. The zero-order valence-electron chi connectivity index (χ0n) is 10.4. The van der Waals surface area contributed by atoms with Crippen molar-refractivity contribution < 1.29 is 13.5 Å². The molecular formula is C14H19F2NO.